The van der Waals surface area contributed by atoms with Gasteiger partial charge in [0.1, 0.15) is 17.3 Å². The van der Waals surface area contributed by atoms with Crippen LogP contribution in [0, 0.1) is 0 Å². The van der Waals surface area contributed by atoms with E-state index in [0.717, 1.165) is 11.1 Å². The highest BCUT2D eigenvalue weighted by Gasteiger charge is 2.27. The van der Waals surface area contributed by atoms with Gasteiger partial charge in [0, 0.05) is 17.5 Å². The highest BCUT2D eigenvalue weighted by Crippen LogP contribution is 2.37. The second-order valence-electron chi connectivity index (χ2n) is 5.81. The largest absolute Gasteiger partial charge is 0.482 e. The van der Waals surface area contributed by atoms with Crippen LogP contribution in [0.15, 0.2) is 54.1 Å². The van der Waals surface area contributed by atoms with Crippen LogP contribution < -0.4 is 9.47 Å². The maximum absolute atomic E-state index is 12.5. The normalized spacial score (nSPS) is 12.7. The zero-order valence-corrected chi connectivity index (χ0v) is 15.2. The Kier molecular flexibility index (Phi) is 5.76. The van der Waals surface area contributed by atoms with Gasteiger partial charge in [-0.05, 0) is 25.1 Å². The van der Waals surface area contributed by atoms with Gasteiger partial charge in [0.2, 0.25) is 0 Å². The molecular formula is C21H20O6. The molecule has 0 unspecified atom stereocenters. The summed E-state index contributed by atoms with van der Waals surface area (Å²) in [7, 11) is 1.30. The van der Waals surface area contributed by atoms with Gasteiger partial charge >= 0.3 is 11.9 Å². The van der Waals surface area contributed by atoms with Crippen molar-refractivity contribution >= 4 is 17.7 Å². The van der Waals surface area contributed by atoms with E-state index in [4.69, 9.17) is 14.2 Å². The molecule has 1 aliphatic rings. The summed E-state index contributed by atoms with van der Waals surface area (Å²) < 4.78 is 21.2. The number of esters is 2. The van der Waals surface area contributed by atoms with Crippen molar-refractivity contribution in [2.45, 2.75) is 13.3 Å². The van der Waals surface area contributed by atoms with Crippen LogP contribution in [-0.4, -0.2) is 32.3 Å². The molecule has 1 heterocycles. The van der Waals surface area contributed by atoms with E-state index in [-0.39, 0.29) is 13.2 Å². The van der Waals surface area contributed by atoms with Crippen LogP contribution in [0.3, 0.4) is 0 Å². The van der Waals surface area contributed by atoms with Crippen molar-refractivity contribution in [3.63, 3.8) is 0 Å². The van der Waals surface area contributed by atoms with E-state index in [9.17, 15) is 9.59 Å². The number of methoxy groups -OCH3 is 1. The lowest BCUT2D eigenvalue weighted by molar-refractivity contribution is -0.143. The Hall–Kier alpha value is -3.28. The third-order valence-electron chi connectivity index (χ3n) is 4.03. The third kappa shape index (κ3) is 4.28. The van der Waals surface area contributed by atoms with E-state index in [1.807, 2.05) is 30.3 Å². The van der Waals surface area contributed by atoms with Gasteiger partial charge in [-0.2, -0.15) is 0 Å². The molecule has 6 heteroatoms. The lowest BCUT2D eigenvalue weighted by Gasteiger charge is -2.23. The van der Waals surface area contributed by atoms with Gasteiger partial charge in [0.15, 0.2) is 6.61 Å². The number of hydrogen-bond donors (Lipinski definition) is 0. The number of hydrogen-bond acceptors (Lipinski definition) is 6. The first-order valence-electron chi connectivity index (χ1n) is 8.58. The molecule has 0 saturated carbocycles. The average Bonchev–Trinajstić information content (AvgIpc) is 2.71. The van der Waals surface area contributed by atoms with Crippen molar-refractivity contribution in [3.05, 3.63) is 65.2 Å². The highest BCUT2D eigenvalue weighted by molar-refractivity contribution is 5.98. The Labute approximate surface area is 157 Å². The Morgan fingerprint density at radius 1 is 1.11 bits per heavy atom. The molecule has 0 saturated heterocycles. The number of carbonyl (C=O) groups excluding carboxylic acids is 2. The zero-order valence-electron chi connectivity index (χ0n) is 15.2. The summed E-state index contributed by atoms with van der Waals surface area (Å²) in [6.07, 6.45) is 0.341. The van der Waals surface area contributed by atoms with Gasteiger partial charge in [0.25, 0.3) is 0 Å². The smallest absolute Gasteiger partial charge is 0.343 e. The second-order valence-corrected chi connectivity index (χ2v) is 5.81. The van der Waals surface area contributed by atoms with Gasteiger partial charge in [-0.25, -0.2) is 9.59 Å². The van der Waals surface area contributed by atoms with Crippen molar-refractivity contribution in [2.24, 2.45) is 0 Å². The highest BCUT2D eigenvalue weighted by atomic mass is 16.6. The minimum atomic E-state index is -0.470. The van der Waals surface area contributed by atoms with E-state index < -0.39 is 11.9 Å². The van der Waals surface area contributed by atoms with Gasteiger partial charge in [-0.15, -0.1) is 0 Å². The number of benzene rings is 2. The van der Waals surface area contributed by atoms with Crippen molar-refractivity contribution < 1.29 is 28.5 Å². The molecule has 0 aromatic heterocycles. The van der Waals surface area contributed by atoms with Crippen molar-refractivity contribution in [1.29, 1.82) is 0 Å². The summed E-state index contributed by atoms with van der Waals surface area (Å²) in [5.74, 6) is 0.733. The summed E-state index contributed by atoms with van der Waals surface area (Å²) in [6.45, 7) is 1.85. The van der Waals surface area contributed by atoms with Crippen LogP contribution in [0.2, 0.25) is 0 Å². The second kappa shape index (κ2) is 8.40. The van der Waals surface area contributed by atoms with Crippen LogP contribution in [0.4, 0.5) is 0 Å². The van der Waals surface area contributed by atoms with E-state index >= 15 is 0 Å². The van der Waals surface area contributed by atoms with Crippen LogP contribution in [0.25, 0.3) is 5.76 Å². The molecule has 0 atom stereocenters. The van der Waals surface area contributed by atoms with Crippen LogP contribution in [0.1, 0.15) is 18.1 Å². The Balaban J connectivity index is 1.91. The van der Waals surface area contributed by atoms with Crippen LogP contribution in [0.5, 0.6) is 11.5 Å². The van der Waals surface area contributed by atoms with E-state index in [1.165, 1.54) is 7.11 Å². The molecule has 2 aromatic carbocycles. The summed E-state index contributed by atoms with van der Waals surface area (Å²) in [5, 5.41) is 0. The minimum absolute atomic E-state index is 0.189. The Morgan fingerprint density at radius 2 is 1.89 bits per heavy atom. The molecule has 2 aromatic rings. The molecule has 6 nitrogen and oxygen atoms in total. The van der Waals surface area contributed by atoms with Crippen molar-refractivity contribution in [2.75, 3.05) is 20.3 Å². The molecule has 27 heavy (non-hydrogen) atoms. The molecule has 0 radical (unpaired) electrons. The Morgan fingerprint density at radius 3 is 2.59 bits per heavy atom. The van der Waals surface area contributed by atoms with Crippen molar-refractivity contribution in [3.8, 4) is 11.5 Å². The standard InChI is InChI=1S/C21H20O6/c1-3-25-21(23)17-12-15-11-16(26-13-19(22)24-2)9-10-18(15)27-20(17)14-7-5-4-6-8-14/h4-11H,3,12-13H2,1-2H3. The molecule has 0 bridgehead atoms. The van der Waals surface area contributed by atoms with Gasteiger partial charge in [0.05, 0.1) is 19.3 Å². The first kappa shape index (κ1) is 18.5. The van der Waals surface area contributed by atoms with Crippen molar-refractivity contribution in [1.82, 2.24) is 0 Å². The SMILES string of the molecule is CCOC(=O)C1=C(c2ccccc2)Oc2ccc(OCC(=O)OC)cc2C1. The fourth-order valence-corrected chi connectivity index (χ4v) is 2.73. The summed E-state index contributed by atoms with van der Waals surface area (Å²) in [4.78, 5) is 23.7. The van der Waals surface area contributed by atoms with Crippen LogP contribution >= 0.6 is 0 Å². The summed E-state index contributed by atoms with van der Waals surface area (Å²) in [6, 6.07) is 14.6. The molecule has 1 aliphatic heterocycles. The first-order chi connectivity index (χ1) is 13.1. The monoisotopic (exact) mass is 368 g/mol. The van der Waals surface area contributed by atoms with Gasteiger partial charge in [-0.1, -0.05) is 30.3 Å². The average molecular weight is 368 g/mol. The fraction of sp³-hybridized carbons (Fsp3) is 0.238. The summed E-state index contributed by atoms with van der Waals surface area (Å²) in [5.41, 5.74) is 2.03. The molecule has 0 aliphatic carbocycles. The minimum Gasteiger partial charge on any atom is -0.482 e. The lowest BCUT2D eigenvalue weighted by Crippen LogP contribution is -2.19. The maximum atomic E-state index is 12.5. The predicted molar refractivity (Wildman–Crippen MR) is 98.3 cm³/mol. The van der Waals surface area contributed by atoms with E-state index in [0.29, 0.717) is 29.3 Å². The number of fused-ring (bicyclic) bond motifs is 1. The number of rotatable bonds is 6. The number of carbonyl (C=O) groups is 2. The lowest BCUT2D eigenvalue weighted by atomic mass is 9.97. The van der Waals surface area contributed by atoms with Gasteiger partial charge < -0.3 is 18.9 Å². The zero-order chi connectivity index (χ0) is 19.2. The van der Waals surface area contributed by atoms with Gasteiger partial charge in [-0.3, -0.25) is 0 Å². The van der Waals surface area contributed by atoms with E-state index in [1.54, 1.807) is 25.1 Å². The molecule has 140 valence electrons. The first-order valence-corrected chi connectivity index (χ1v) is 8.58. The molecule has 0 spiro atoms. The third-order valence-corrected chi connectivity index (χ3v) is 4.03. The summed E-state index contributed by atoms with van der Waals surface area (Å²) >= 11 is 0. The van der Waals surface area contributed by atoms with E-state index in [2.05, 4.69) is 4.74 Å². The van der Waals surface area contributed by atoms with Crippen LogP contribution in [-0.2, 0) is 25.5 Å². The fourth-order valence-electron chi connectivity index (χ4n) is 2.73. The predicted octanol–water partition coefficient (Wildman–Crippen LogP) is 3.15. The molecule has 0 N–H and O–H groups in total. The Bertz CT molecular complexity index is 869. The maximum Gasteiger partial charge on any atom is 0.343 e. The molecule has 3 rings (SSSR count). The molecule has 0 amide bonds. The molecule has 0 fully saturated rings. The topological polar surface area (TPSA) is 71.1 Å². The molecular weight excluding hydrogens is 348 g/mol. The quantitative estimate of drug-likeness (QED) is 0.730. The number of ether oxygens (including phenoxy) is 4.